The number of hydrogen-bond donors (Lipinski definition) is 0. The Kier molecular flexibility index (Phi) is 4.91. The number of benzene rings is 1. The van der Waals surface area contributed by atoms with Crippen molar-refractivity contribution in [3.05, 3.63) is 34.9 Å². The van der Waals surface area contributed by atoms with Crippen LogP contribution in [0.4, 0.5) is 0 Å². The molecule has 1 saturated carbocycles. The molecule has 1 fully saturated rings. The van der Waals surface area contributed by atoms with Gasteiger partial charge in [-0.05, 0) is 79.7 Å². The van der Waals surface area contributed by atoms with Crippen molar-refractivity contribution in [2.45, 2.75) is 90.4 Å². The molecular weight excluding hydrogens is 364 g/mol. The van der Waals surface area contributed by atoms with Crippen molar-refractivity contribution in [1.82, 2.24) is 0 Å². The van der Waals surface area contributed by atoms with Gasteiger partial charge in [-0.3, -0.25) is 4.79 Å². The molecule has 4 atom stereocenters. The van der Waals surface area contributed by atoms with E-state index in [9.17, 15) is 7.54 Å². The van der Waals surface area contributed by atoms with Gasteiger partial charge in [-0.15, -0.1) is 0 Å². The molecule has 1 unspecified atom stereocenters. The fourth-order valence-corrected chi connectivity index (χ4v) is 6.20. The molecule has 0 heterocycles. The lowest BCUT2D eigenvalue weighted by Gasteiger charge is -2.56. The van der Waals surface area contributed by atoms with Crippen LogP contribution in [0.15, 0.2) is 18.2 Å². The van der Waals surface area contributed by atoms with Crippen molar-refractivity contribution < 1.29 is 16.7 Å². The molecule has 3 nitrogen and oxygen atoms in total. The van der Waals surface area contributed by atoms with Crippen LogP contribution in [0.1, 0.15) is 84.8 Å². The Bertz CT molecular complexity index is 832. The van der Waals surface area contributed by atoms with Gasteiger partial charge >= 0.3 is 5.97 Å². The van der Waals surface area contributed by atoms with E-state index in [-0.39, 0.29) is 5.97 Å². The van der Waals surface area contributed by atoms with E-state index in [0.717, 1.165) is 24.0 Å². The number of fused-ring (bicyclic) bond motifs is 3. The topological polar surface area (TPSA) is 35.5 Å². The van der Waals surface area contributed by atoms with Crippen LogP contribution in [0.5, 0.6) is 0 Å². The van der Waals surface area contributed by atoms with Gasteiger partial charge in [0.15, 0.2) is 8.32 Å². The molecule has 0 amide bonds. The first kappa shape index (κ1) is 18.9. The zero-order chi connectivity index (χ0) is 22.7. The highest BCUT2D eigenvalue weighted by Crippen LogP contribution is 2.60. The smallest absolute Gasteiger partial charge is 0.311 e. The molecule has 0 bridgehead atoms. The van der Waals surface area contributed by atoms with Crippen molar-refractivity contribution >= 4 is 14.3 Å². The van der Waals surface area contributed by atoms with Gasteiger partial charge < -0.3 is 9.16 Å². The second-order valence-corrected chi connectivity index (χ2v) is 14.9. The van der Waals surface area contributed by atoms with Crippen LogP contribution in [0.3, 0.4) is 0 Å². The molecule has 4 heteroatoms. The molecule has 2 aliphatic carbocycles. The lowest BCUT2D eigenvalue weighted by molar-refractivity contribution is -0.162. The Labute approximate surface area is 175 Å². The first-order chi connectivity index (χ1) is 13.7. The van der Waals surface area contributed by atoms with Gasteiger partial charge in [0.2, 0.25) is 0 Å². The molecule has 3 rings (SSSR count). The molecule has 0 spiro atoms. The number of hydrogen-bond acceptors (Lipinski definition) is 3. The number of carbonyl (C=O) groups is 1. The van der Waals surface area contributed by atoms with Crippen molar-refractivity contribution in [2.75, 3.05) is 7.11 Å². The highest BCUT2D eigenvalue weighted by Gasteiger charge is 2.57. The van der Waals surface area contributed by atoms with E-state index >= 15 is 0 Å². The average Bonchev–Trinajstić information content (AvgIpc) is 2.62. The number of rotatable bonds is 4. The highest BCUT2D eigenvalue weighted by molar-refractivity contribution is 6.69. The summed E-state index contributed by atoms with van der Waals surface area (Å²) in [5, 5.41) is 0. The summed E-state index contributed by atoms with van der Waals surface area (Å²) in [5.74, 6) is -0.473. The van der Waals surface area contributed by atoms with Crippen LogP contribution in [-0.4, -0.2) is 21.4 Å². The Morgan fingerprint density at radius 1 is 1.25 bits per heavy atom. The van der Waals surface area contributed by atoms with E-state index in [4.69, 9.17) is 9.16 Å². The Balaban J connectivity index is 2.31. The molecule has 1 aromatic rings. The van der Waals surface area contributed by atoms with Crippen molar-refractivity contribution in [3.8, 4) is 0 Å². The maximum atomic E-state index is 13.0. The molecule has 28 heavy (non-hydrogen) atoms. The van der Waals surface area contributed by atoms with Gasteiger partial charge in [-0.1, -0.05) is 45.4 Å². The van der Waals surface area contributed by atoms with E-state index < -0.39 is 37.5 Å². The fraction of sp³-hybridized carbons (Fsp3) is 0.708. The van der Waals surface area contributed by atoms with E-state index in [1.807, 2.05) is 6.92 Å². The molecule has 0 radical (unpaired) electrons. The molecule has 1 aromatic carbocycles. The van der Waals surface area contributed by atoms with Gasteiger partial charge in [0.25, 0.3) is 0 Å². The van der Waals surface area contributed by atoms with Crippen LogP contribution in [0.25, 0.3) is 0 Å². The second-order valence-electron chi connectivity index (χ2n) is 10.4. The molecular formula is C24H38O3Si. The van der Waals surface area contributed by atoms with Gasteiger partial charge in [-0.25, -0.2) is 0 Å². The first-order valence-corrected chi connectivity index (χ1v) is 14.0. The zero-order valence-electron chi connectivity index (χ0n) is 20.8. The molecule has 0 N–H and O–H groups in total. The third-order valence-corrected chi connectivity index (χ3v) is 7.69. The Hall–Kier alpha value is -1.13. The predicted molar refractivity (Wildman–Crippen MR) is 117 cm³/mol. The quantitative estimate of drug-likeness (QED) is 0.433. The molecule has 0 saturated heterocycles. The van der Waals surface area contributed by atoms with Crippen LogP contribution < -0.4 is 0 Å². The van der Waals surface area contributed by atoms with Crippen LogP contribution in [0, 0.1) is 11.3 Å². The summed E-state index contributed by atoms with van der Waals surface area (Å²) in [5.41, 5.74) is 1.98. The summed E-state index contributed by atoms with van der Waals surface area (Å²) >= 11 is 0. The second kappa shape index (κ2) is 7.28. The SMILES string of the molecule is [2H]C1([2H])C2[C@](C)(C(=O)OC)CCC[C@]2(C)c2ccc(C(C)C)cc2[C@@H]1O[Si](C)(C)C. The van der Waals surface area contributed by atoms with Gasteiger partial charge in [0.05, 0.1) is 18.6 Å². The summed E-state index contributed by atoms with van der Waals surface area (Å²) in [6.45, 7) is 14.7. The maximum Gasteiger partial charge on any atom is 0.311 e. The van der Waals surface area contributed by atoms with Crippen LogP contribution in [0.2, 0.25) is 19.6 Å². The van der Waals surface area contributed by atoms with Crippen molar-refractivity contribution in [3.63, 3.8) is 0 Å². The van der Waals surface area contributed by atoms with Gasteiger partial charge in [0.1, 0.15) is 0 Å². The number of esters is 1. The van der Waals surface area contributed by atoms with Crippen LogP contribution in [-0.2, 0) is 19.4 Å². The summed E-state index contributed by atoms with van der Waals surface area (Å²) < 4.78 is 30.6. The van der Waals surface area contributed by atoms with Gasteiger partial charge in [-0.2, -0.15) is 0 Å². The number of methoxy groups -OCH3 is 1. The van der Waals surface area contributed by atoms with E-state index in [1.54, 1.807) is 0 Å². The summed E-state index contributed by atoms with van der Waals surface area (Å²) in [4.78, 5) is 13.0. The van der Waals surface area contributed by atoms with E-state index in [1.165, 1.54) is 12.7 Å². The molecule has 156 valence electrons. The van der Waals surface area contributed by atoms with Crippen molar-refractivity contribution in [2.24, 2.45) is 11.3 Å². The van der Waals surface area contributed by atoms with Crippen LogP contribution >= 0.6 is 0 Å². The largest absolute Gasteiger partial charge is 0.469 e. The normalized spacial score (nSPS) is 35.5. The minimum Gasteiger partial charge on any atom is -0.469 e. The molecule has 2 aliphatic rings. The molecule has 0 aromatic heterocycles. The third kappa shape index (κ3) is 3.58. The minimum absolute atomic E-state index is 0.309. The van der Waals surface area contributed by atoms with E-state index in [2.05, 4.69) is 58.6 Å². The van der Waals surface area contributed by atoms with Gasteiger partial charge in [0, 0.05) is 2.74 Å². The van der Waals surface area contributed by atoms with E-state index in [0.29, 0.717) is 12.3 Å². The predicted octanol–water partition coefficient (Wildman–Crippen LogP) is 6.34. The average molecular weight is 405 g/mol. The zero-order valence-corrected chi connectivity index (χ0v) is 19.8. The standard InChI is InChI=1S/C24H38O3Si/c1-16(2)17-10-11-19-18(14-17)20(27-28(6,7)8)15-21-23(19,3)12-9-13-24(21,4)22(25)26-5/h10-11,14,16,20-21H,9,12-13,15H2,1-8H3/t20-,21?,23-,24-/m1/s1/i15D2. The fourth-order valence-electron chi connectivity index (χ4n) is 5.30. The lowest BCUT2D eigenvalue weighted by atomic mass is 9.49. The van der Waals surface area contributed by atoms with Crippen molar-refractivity contribution in [1.29, 1.82) is 0 Å². The molecule has 0 aliphatic heterocycles. The summed E-state index contributed by atoms with van der Waals surface area (Å²) in [6.07, 6.45) is -0.00524. The third-order valence-electron chi connectivity index (χ3n) is 6.75. The Morgan fingerprint density at radius 3 is 2.50 bits per heavy atom. The number of ether oxygens (including phenoxy) is 1. The summed E-state index contributed by atoms with van der Waals surface area (Å²) in [6, 6.07) is 6.51. The summed E-state index contributed by atoms with van der Waals surface area (Å²) in [7, 11) is -0.652. The maximum absolute atomic E-state index is 13.0. The highest BCUT2D eigenvalue weighted by atomic mass is 28.4. The lowest BCUT2D eigenvalue weighted by Crippen LogP contribution is -2.54. The minimum atomic E-state index is -2.07. The Morgan fingerprint density at radius 2 is 1.93 bits per heavy atom. The first-order valence-electron chi connectivity index (χ1n) is 11.6. The monoisotopic (exact) mass is 404 g/mol. The number of carbonyl (C=O) groups excluding carboxylic acids is 1.